The number of nitrogens with one attached hydrogen (secondary N) is 1. The number of allylic oxidation sites excluding steroid dienone is 3. The Morgan fingerprint density at radius 2 is 1.68 bits per heavy atom. The lowest BCUT2D eigenvalue weighted by atomic mass is 9.36. The Balaban J connectivity index is 1.16. The number of carboxylic acids is 1. The number of fused-ring (bicyclic) bond motifs is 7. The number of hydrogen-bond donors (Lipinski definition) is 2. The van der Waals surface area contributed by atoms with Gasteiger partial charge < -0.3 is 15.3 Å². The number of rotatable bonds is 6. The number of carboxylic acid groups (broad SMARTS) is 1. The summed E-state index contributed by atoms with van der Waals surface area (Å²) >= 11 is 0. The van der Waals surface area contributed by atoms with Gasteiger partial charge in [-0.1, -0.05) is 58.1 Å². The summed E-state index contributed by atoms with van der Waals surface area (Å²) in [6, 6.07) is 7.52. The van der Waals surface area contributed by atoms with E-state index in [1.807, 2.05) is 12.1 Å². The van der Waals surface area contributed by atoms with Crippen LogP contribution in [0, 0.1) is 51.8 Å². The van der Waals surface area contributed by atoms with E-state index < -0.39 is 5.97 Å². The van der Waals surface area contributed by atoms with E-state index in [9.17, 15) is 19.5 Å². The first-order chi connectivity index (χ1) is 22.2. The lowest BCUT2D eigenvalue weighted by Crippen LogP contribution is -2.65. The van der Waals surface area contributed by atoms with Crippen LogP contribution in [0.25, 0.3) is 5.57 Å². The van der Waals surface area contributed by atoms with Gasteiger partial charge in [-0.3, -0.25) is 9.59 Å². The smallest absolute Gasteiger partial charge is 0.335 e. The normalized spacial score (nSPS) is 40.4. The average molecular weight is 641 g/mol. The molecule has 1 unspecified atom stereocenters. The second kappa shape index (κ2) is 11.3. The molecule has 6 heteroatoms. The summed E-state index contributed by atoms with van der Waals surface area (Å²) in [7, 11) is 0. The second-order valence-corrected chi connectivity index (χ2v) is 17.6. The molecular formula is C41H56N2O4. The molecule has 9 atom stereocenters. The van der Waals surface area contributed by atoms with Crippen LogP contribution in [-0.4, -0.2) is 46.4 Å². The summed E-state index contributed by atoms with van der Waals surface area (Å²) in [4.78, 5) is 39.1. The van der Waals surface area contributed by atoms with E-state index in [1.54, 1.807) is 17.0 Å². The highest BCUT2D eigenvalue weighted by atomic mass is 16.4. The van der Waals surface area contributed by atoms with Crippen molar-refractivity contribution in [2.24, 2.45) is 51.8 Å². The van der Waals surface area contributed by atoms with E-state index in [-0.39, 0.29) is 40.1 Å². The topological polar surface area (TPSA) is 86.7 Å². The first-order valence-electron chi connectivity index (χ1n) is 18.5. The predicted molar refractivity (Wildman–Crippen MR) is 185 cm³/mol. The van der Waals surface area contributed by atoms with Gasteiger partial charge in [0, 0.05) is 18.5 Å². The van der Waals surface area contributed by atoms with Crippen molar-refractivity contribution in [1.82, 2.24) is 10.2 Å². The van der Waals surface area contributed by atoms with Crippen molar-refractivity contribution >= 4 is 23.4 Å². The van der Waals surface area contributed by atoms with Gasteiger partial charge in [-0.15, -0.1) is 0 Å². The van der Waals surface area contributed by atoms with Crippen LogP contribution in [0.15, 0.2) is 42.5 Å². The minimum absolute atomic E-state index is 0.00482. The van der Waals surface area contributed by atoms with Crippen LogP contribution in [0.5, 0.6) is 0 Å². The monoisotopic (exact) mass is 640 g/mol. The fourth-order valence-electron chi connectivity index (χ4n) is 13.3. The highest BCUT2D eigenvalue weighted by Crippen LogP contribution is 2.73. The van der Waals surface area contributed by atoms with Gasteiger partial charge in [0.05, 0.1) is 12.1 Å². The van der Waals surface area contributed by atoms with E-state index in [1.165, 1.54) is 43.3 Å². The standard InChI is InChI=1S/C41H56N2O4/c1-25(2)28-15-21-41(42-34(44)24-43-23-7-8-35(43)45)22-17-31-29(36(28)41)13-14-33-39(31,5)20-18-32-38(3,4)30(16-19-40(32,33)6)26-9-11-27(12-10-26)37(46)47/h9-12,16,28-29,31-33,36H,1,7-8,13-15,17-24H2,2-6H3,(H,42,44)(H,46,47)/t28-,29-,31?,32-,33-,36+,39-,40-,41-/m0/s1. The third-order valence-electron chi connectivity index (χ3n) is 15.1. The molecule has 1 saturated heterocycles. The van der Waals surface area contributed by atoms with Crippen molar-refractivity contribution in [3.8, 4) is 0 Å². The minimum Gasteiger partial charge on any atom is -0.478 e. The summed E-state index contributed by atoms with van der Waals surface area (Å²) in [6.45, 7) is 17.7. The van der Waals surface area contributed by atoms with Crippen LogP contribution in [-0.2, 0) is 9.59 Å². The number of carbonyl (C=O) groups excluding carboxylic acids is 2. The molecular weight excluding hydrogens is 584 g/mol. The van der Waals surface area contributed by atoms with Crippen molar-refractivity contribution in [2.45, 2.75) is 111 Å². The molecule has 7 rings (SSSR count). The van der Waals surface area contributed by atoms with Crippen molar-refractivity contribution in [3.05, 3.63) is 53.6 Å². The number of hydrogen-bond acceptors (Lipinski definition) is 3. The molecule has 5 fully saturated rings. The fourth-order valence-corrected chi connectivity index (χ4v) is 13.3. The molecule has 0 radical (unpaired) electrons. The molecule has 1 heterocycles. The zero-order valence-corrected chi connectivity index (χ0v) is 29.4. The maximum atomic E-state index is 13.6. The molecule has 6 nitrogen and oxygen atoms in total. The predicted octanol–water partition coefficient (Wildman–Crippen LogP) is 8.14. The average Bonchev–Trinajstić information content (AvgIpc) is 3.59. The third-order valence-corrected chi connectivity index (χ3v) is 15.1. The largest absolute Gasteiger partial charge is 0.478 e. The second-order valence-electron chi connectivity index (χ2n) is 17.6. The van der Waals surface area contributed by atoms with Crippen LogP contribution >= 0.6 is 0 Å². The highest BCUT2D eigenvalue weighted by molar-refractivity contribution is 5.88. The van der Waals surface area contributed by atoms with Gasteiger partial charge in [0.15, 0.2) is 0 Å². The number of likely N-dealkylation sites (tertiary alicyclic amines) is 1. The van der Waals surface area contributed by atoms with Gasteiger partial charge in [-0.05, 0) is 146 Å². The molecule has 47 heavy (non-hydrogen) atoms. The maximum absolute atomic E-state index is 13.6. The Kier molecular flexibility index (Phi) is 7.88. The Morgan fingerprint density at radius 3 is 2.34 bits per heavy atom. The number of aromatic carboxylic acids is 1. The molecule has 0 spiro atoms. The van der Waals surface area contributed by atoms with E-state index in [0.717, 1.165) is 37.7 Å². The van der Waals surface area contributed by atoms with Gasteiger partial charge in [0.2, 0.25) is 11.8 Å². The molecule has 2 amide bonds. The Labute approximate surface area is 281 Å². The molecule has 0 aromatic heterocycles. The SMILES string of the molecule is C=C(C)[C@@H]1CC[C@]2(NC(=O)CN3CCCC3=O)CCC3[C@H](CC[C@@H]4[C@@]5(C)CC=C(c6ccc(C(=O)O)cc6)C(C)(C)[C@@H]5CC[C@@]34C)[C@@H]12. The zero-order valence-electron chi connectivity index (χ0n) is 29.4. The maximum Gasteiger partial charge on any atom is 0.335 e. The van der Waals surface area contributed by atoms with Gasteiger partial charge in [-0.25, -0.2) is 4.79 Å². The molecule has 2 N–H and O–H groups in total. The number of amides is 2. The summed E-state index contributed by atoms with van der Waals surface area (Å²) in [5.41, 5.74) is 4.42. The number of nitrogens with zero attached hydrogens (tertiary/aromatic N) is 1. The Morgan fingerprint density at radius 1 is 0.957 bits per heavy atom. The van der Waals surface area contributed by atoms with E-state index in [0.29, 0.717) is 54.0 Å². The molecule has 1 aromatic carbocycles. The quantitative estimate of drug-likeness (QED) is 0.308. The highest BCUT2D eigenvalue weighted by Gasteiger charge is 2.66. The summed E-state index contributed by atoms with van der Waals surface area (Å²) in [5, 5.41) is 13.1. The lowest BCUT2D eigenvalue weighted by Gasteiger charge is -2.68. The van der Waals surface area contributed by atoms with Gasteiger partial charge in [0.1, 0.15) is 0 Å². The molecule has 6 aliphatic rings. The van der Waals surface area contributed by atoms with Gasteiger partial charge >= 0.3 is 5.97 Å². The van der Waals surface area contributed by atoms with E-state index >= 15 is 0 Å². The van der Waals surface area contributed by atoms with Gasteiger partial charge in [0.25, 0.3) is 0 Å². The van der Waals surface area contributed by atoms with Gasteiger partial charge in [-0.2, -0.15) is 0 Å². The first-order valence-corrected chi connectivity index (χ1v) is 18.5. The summed E-state index contributed by atoms with van der Waals surface area (Å²) in [5.74, 6) is 2.56. The van der Waals surface area contributed by atoms with Crippen molar-refractivity contribution < 1.29 is 19.5 Å². The molecule has 5 aliphatic carbocycles. The first kappa shape index (κ1) is 32.6. The molecule has 1 aromatic rings. The zero-order chi connectivity index (χ0) is 33.5. The van der Waals surface area contributed by atoms with Crippen LogP contribution < -0.4 is 5.32 Å². The molecule has 1 aliphatic heterocycles. The molecule has 0 bridgehead atoms. The van der Waals surface area contributed by atoms with Crippen molar-refractivity contribution in [1.29, 1.82) is 0 Å². The Bertz CT molecular complexity index is 1510. The number of benzene rings is 1. The van der Waals surface area contributed by atoms with E-state index in [4.69, 9.17) is 0 Å². The third kappa shape index (κ3) is 4.97. The van der Waals surface area contributed by atoms with Crippen LogP contribution in [0.2, 0.25) is 0 Å². The summed E-state index contributed by atoms with van der Waals surface area (Å²) in [6.07, 6.45) is 14.2. The fraction of sp³-hybridized carbons (Fsp3) is 0.683. The summed E-state index contributed by atoms with van der Waals surface area (Å²) < 4.78 is 0. The van der Waals surface area contributed by atoms with Crippen molar-refractivity contribution in [2.75, 3.05) is 13.1 Å². The van der Waals surface area contributed by atoms with Crippen LogP contribution in [0.4, 0.5) is 0 Å². The molecule has 254 valence electrons. The van der Waals surface area contributed by atoms with Crippen LogP contribution in [0.1, 0.15) is 121 Å². The minimum atomic E-state index is -0.878. The van der Waals surface area contributed by atoms with Crippen molar-refractivity contribution in [3.63, 3.8) is 0 Å². The molecule has 4 saturated carbocycles. The van der Waals surface area contributed by atoms with Crippen LogP contribution in [0.3, 0.4) is 0 Å². The Hall–Kier alpha value is -2.89. The lowest BCUT2D eigenvalue weighted by molar-refractivity contribution is -0.175. The van der Waals surface area contributed by atoms with E-state index in [2.05, 4.69) is 52.6 Å². The number of carbonyl (C=O) groups is 3.